The zero-order valence-corrected chi connectivity index (χ0v) is 16.1. The third-order valence-electron chi connectivity index (χ3n) is 4.84. The number of para-hydroxylation sites is 1. The smallest absolute Gasteiger partial charge is 0.219 e. The maximum atomic E-state index is 6.01. The van der Waals surface area contributed by atoms with Gasteiger partial charge in [-0.1, -0.05) is 30.3 Å². The summed E-state index contributed by atoms with van der Waals surface area (Å²) < 4.78 is 5.80. The van der Waals surface area contributed by atoms with Crippen LogP contribution in [-0.4, -0.2) is 15.0 Å². The van der Waals surface area contributed by atoms with Crippen LogP contribution in [0.4, 0.5) is 5.69 Å². The van der Waals surface area contributed by atoms with Crippen molar-refractivity contribution in [3.8, 4) is 33.9 Å². The largest absolute Gasteiger partial charge is 0.439 e. The van der Waals surface area contributed by atoms with Crippen molar-refractivity contribution in [2.24, 2.45) is 0 Å². The van der Waals surface area contributed by atoms with Gasteiger partial charge in [-0.2, -0.15) is 0 Å². The Kier molecular flexibility index (Phi) is 4.54. The number of fused-ring (bicyclic) bond motifs is 1. The Balaban J connectivity index is 1.56. The third kappa shape index (κ3) is 3.56. The summed E-state index contributed by atoms with van der Waals surface area (Å²) in [4.78, 5) is 13.2. The number of benzene rings is 3. The Morgan fingerprint density at radius 1 is 0.700 bits per heavy atom. The standard InChI is InChI=1S/C25H18N4O/c26-21-6-4-5-17(12-21)23-13-19(11-20-14-27-16-29-25(20)23)18-9-10-24(28-15-18)30-22-7-2-1-3-8-22/h1-16H,26H2. The minimum atomic E-state index is 0.546. The molecule has 0 unspecified atom stereocenters. The molecule has 5 rings (SSSR count). The third-order valence-corrected chi connectivity index (χ3v) is 4.84. The molecule has 0 radical (unpaired) electrons. The van der Waals surface area contributed by atoms with Crippen molar-refractivity contribution in [3.05, 3.63) is 97.6 Å². The van der Waals surface area contributed by atoms with Crippen LogP contribution in [0, 0.1) is 0 Å². The second kappa shape index (κ2) is 7.64. The van der Waals surface area contributed by atoms with E-state index in [0.29, 0.717) is 11.6 Å². The van der Waals surface area contributed by atoms with Gasteiger partial charge in [0.1, 0.15) is 12.1 Å². The van der Waals surface area contributed by atoms with Gasteiger partial charge in [0.25, 0.3) is 0 Å². The van der Waals surface area contributed by atoms with Gasteiger partial charge in [-0.3, -0.25) is 0 Å². The minimum Gasteiger partial charge on any atom is -0.439 e. The number of hydrogen-bond acceptors (Lipinski definition) is 5. The molecule has 0 aliphatic heterocycles. The van der Waals surface area contributed by atoms with Crippen LogP contribution < -0.4 is 10.5 Å². The quantitative estimate of drug-likeness (QED) is 0.397. The normalized spacial score (nSPS) is 10.8. The number of anilines is 1. The van der Waals surface area contributed by atoms with E-state index in [-0.39, 0.29) is 0 Å². The highest BCUT2D eigenvalue weighted by molar-refractivity contribution is 5.97. The van der Waals surface area contributed by atoms with Gasteiger partial charge in [-0.25, -0.2) is 15.0 Å². The minimum absolute atomic E-state index is 0.546. The van der Waals surface area contributed by atoms with E-state index < -0.39 is 0 Å². The monoisotopic (exact) mass is 390 g/mol. The summed E-state index contributed by atoms with van der Waals surface area (Å²) in [5, 5.41) is 0.956. The van der Waals surface area contributed by atoms with Crippen molar-refractivity contribution in [1.82, 2.24) is 15.0 Å². The summed E-state index contributed by atoms with van der Waals surface area (Å²) in [6.07, 6.45) is 5.20. The van der Waals surface area contributed by atoms with E-state index >= 15 is 0 Å². The molecule has 2 aromatic heterocycles. The molecule has 144 valence electrons. The van der Waals surface area contributed by atoms with Crippen LogP contribution in [0.5, 0.6) is 11.6 Å². The van der Waals surface area contributed by atoms with Crippen molar-refractivity contribution < 1.29 is 4.74 Å². The lowest BCUT2D eigenvalue weighted by atomic mass is 9.96. The summed E-state index contributed by atoms with van der Waals surface area (Å²) >= 11 is 0. The molecule has 0 spiro atoms. The number of ether oxygens (including phenoxy) is 1. The molecule has 0 aliphatic carbocycles. The summed E-state index contributed by atoms with van der Waals surface area (Å²) in [6, 6.07) is 25.5. The van der Waals surface area contributed by atoms with E-state index in [2.05, 4.69) is 27.1 Å². The molecule has 0 aliphatic rings. The Labute approximate surface area is 173 Å². The topological polar surface area (TPSA) is 73.9 Å². The van der Waals surface area contributed by atoms with Gasteiger partial charge in [-0.15, -0.1) is 0 Å². The first-order valence-corrected chi connectivity index (χ1v) is 9.55. The number of hydrogen-bond donors (Lipinski definition) is 1. The van der Waals surface area contributed by atoms with Crippen molar-refractivity contribution in [2.75, 3.05) is 5.73 Å². The molecular weight excluding hydrogens is 372 g/mol. The first-order chi connectivity index (χ1) is 14.8. The molecule has 3 aromatic carbocycles. The molecule has 2 N–H and O–H groups in total. The van der Waals surface area contributed by atoms with E-state index in [0.717, 1.165) is 38.9 Å². The van der Waals surface area contributed by atoms with Crippen LogP contribution in [0.25, 0.3) is 33.2 Å². The summed E-state index contributed by atoms with van der Waals surface area (Å²) in [6.45, 7) is 0. The van der Waals surface area contributed by atoms with Gasteiger partial charge in [0, 0.05) is 40.7 Å². The van der Waals surface area contributed by atoms with Gasteiger partial charge >= 0.3 is 0 Å². The van der Waals surface area contributed by atoms with E-state index in [1.807, 2.05) is 79.1 Å². The first-order valence-electron chi connectivity index (χ1n) is 9.55. The lowest BCUT2D eigenvalue weighted by molar-refractivity contribution is 0.463. The van der Waals surface area contributed by atoms with Crippen LogP contribution in [0.3, 0.4) is 0 Å². The molecule has 0 bridgehead atoms. The Bertz CT molecular complexity index is 1320. The predicted molar refractivity (Wildman–Crippen MR) is 119 cm³/mol. The fraction of sp³-hybridized carbons (Fsp3) is 0. The van der Waals surface area contributed by atoms with Crippen molar-refractivity contribution in [1.29, 1.82) is 0 Å². The van der Waals surface area contributed by atoms with Crippen molar-refractivity contribution >= 4 is 16.6 Å². The van der Waals surface area contributed by atoms with E-state index in [4.69, 9.17) is 10.5 Å². The molecule has 2 heterocycles. The predicted octanol–water partition coefficient (Wildman–Crippen LogP) is 5.73. The van der Waals surface area contributed by atoms with E-state index in [9.17, 15) is 0 Å². The molecular formula is C25H18N4O. The van der Waals surface area contributed by atoms with Crippen LogP contribution in [0.1, 0.15) is 0 Å². The first kappa shape index (κ1) is 17.8. The van der Waals surface area contributed by atoms with Gasteiger partial charge in [0.15, 0.2) is 0 Å². The maximum absolute atomic E-state index is 6.01. The highest BCUT2D eigenvalue weighted by atomic mass is 16.5. The zero-order chi connectivity index (χ0) is 20.3. The van der Waals surface area contributed by atoms with Gasteiger partial charge in [-0.05, 0) is 53.6 Å². The molecule has 5 aromatic rings. The molecule has 0 atom stereocenters. The van der Waals surface area contributed by atoms with Crippen molar-refractivity contribution in [2.45, 2.75) is 0 Å². The molecule has 30 heavy (non-hydrogen) atoms. The number of aromatic nitrogens is 3. The molecule has 5 nitrogen and oxygen atoms in total. The van der Waals surface area contributed by atoms with E-state index in [1.165, 1.54) is 0 Å². The van der Waals surface area contributed by atoms with Gasteiger partial charge in [0.05, 0.1) is 5.52 Å². The van der Waals surface area contributed by atoms with Gasteiger partial charge in [0.2, 0.25) is 5.88 Å². The number of nitrogens with two attached hydrogens (primary N) is 1. The SMILES string of the molecule is Nc1cccc(-c2cc(-c3ccc(Oc4ccccc4)nc3)cc3cncnc23)c1. The average Bonchev–Trinajstić information content (AvgIpc) is 2.79. The Morgan fingerprint density at radius 3 is 2.40 bits per heavy atom. The molecule has 0 saturated heterocycles. The second-order valence-corrected chi connectivity index (χ2v) is 6.91. The molecule has 0 amide bonds. The molecule has 0 fully saturated rings. The Morgan fingerprint density at radius 2 is 1.60 bits per heavy atom. The Hall–Kier alpha value is -4.25. The van der Waals surface area contributed by atoms with Crippen LogP contribution in [0.2, 0.25) is 0 Å². The lowest BCUT2D eigenvalue weighted by Gasteiger charge is -2.11. The number of nitrogen functional groups attached to an aromatic ring is 1. The number of pyridine rings is 1. The highest BCUT2D eigenvalue weighted by Crippen LogP contribution is 2.33. The lowest BCUT2D eigenvalue weighted by Crippen LogP contribution is -1.92. The van der Waals surface area contributed by atoms with Gasteiger partial charge < -0.3 is 10.5 Å². The molecule has 5 heteroatoms. The highest BCUT2D eigenvalue weighted by Gasteiger charge is 2.10. The van der Waals surface area contributed by atoms with Crippen LogP contribution in [-0.2, 0) is 0 Å². The summed E-state index contributed by atoms with van der Waals surface area (Å²) in [5.41, 5.74) is 11.6. The number of nitrogens with zero attached hydrogens (tertiary/aromatic N) is 3. The molecule has 0 saturated carbocycles. The summed E-state index contributed by atoms with van der Waals surface area (Å²) in [7, 11) is 0. The number of rotatable bonds is 4. The second-order valence-electron chi connectivity index (χ2n) is 6.91. The van der Waals surface area contributed by atoms with Crippen molar-refractivity contribution in [3.63, 3.8) is 0 Å². The van der Waals surface area contributed by atoms with E-state index in [1.54, 1.807) is 6.33 Å². The maximum Gasteiger partial charge on any atom is 0.219 e. The average molecular weight is 390 g/mol. The summed E-state index contributed by atoms with van der Waals surface area (Å²) in [5.74, 6) is 1.30. The van der Waals surface area contributed by atoms with Crippen LogP contribution in [0.15, 0.2) is 97.6 Å². The fourth-order valence-electron chi connectivity index (χ4n) is 3.42. The zero-order valence-electron chi connectivity index (χ0n) is 16.1. The fourth-order valence-corrected chi connectivity index (χ4v) is 3.42. The van der Waals surface area contributed by atoms with Crippen LogP contribution >= 0.6 is 0 Å².